The Morgan fingerprint density at radius 1 is 1.12 bits per heavy atom. The van der Waals surface area contributed by atoms with E-state index >= 15 is 0 Å². The molecule has 130 valence electrons. The molecule has 8 nitrogen and oxygen atoms in total. The van der Waals surface area contributed by atoms with Crippen molar-refractivity contribution in [1.82, 2.24) is 19.8 Å². The summed E-state index contributed by atoms with van der Waals surface area (Å²) in [6.45, 7) is 3.11. The highest BCUT2D eigenvalue weighted by Crippen LogP contribution is 2.14. The highest BCUT2D eigenvalue weighted by molar-refractivity contribution is 5.87. The molecule has 0 bridgehead atoms. The number of aromatic nitrogens is 2. The van der Waals surface area contributed by atoms with Gasteiger partial charge in [-0.25, -0.2) is 9.97 Å². The van der Waals surface area contributed by atoms with E-state index in [9.17, 15) is 14.7 Å². The monoisotopic (exact) mass is 333 g/mol. The molecule has 1 atom stereocenters. The Kier molecular flexibility index (Phi) is 5.24. The van der Waals surface area contributed by atoms with Gasteiger partial charge in [0.1, 0.15) is 6.10 Å². The van der Waals surface area contributed by atoms with Gasteiger partial charge < -0.3 is 19.8 Å². The molecule has 1 aromatic rings. The predicted molar refractivity (Wildman–Crippen MR) is 87.3 cm³/mol. The van der Waals surface area contributed by atoms with Gasteiger partial charge in [-0.05, 0) is 25.3 Å². The number of nitrogens with zero attached hydrogens (tertiary/aromatic N) is 5. The zero-order valence-corrected chi connectivity index (χ0v) is 13.7. The average molecular weight is 333 g/mol. The van der Waals surface area contributed by atoms with Gasteiger partial charge in [0.2, 0.25) is 11.9 Å². The second-order valence-corrected chi connectivity index (χ2v) is 6.19. The number of aliphatic hydroxyl groups excluding tert-OH is 1. The predicted octanol–water partition coefficient (Wildman–Crippen LogP) is -0.501. The summed E-state index contributed by atoms with van der Waals surface area (Å²) in [6.07, 6.45) is 4.57. The van der Waals surface area contributed by atoms with Crippen molar-refractivity contribution >= 4 is 17.8 Å². The minimum Gasteiger partial charge on any atom is -0.383 e. The second-order valence-electron chi connectivity index (χ2n) is 6.19. The maximum absolute atomic E-state index is 12.5. The van der Waals surface area contributed by atoms with Crippen LogP contribution in [0, 0.1) is 0 Å². The van der Waals surface area contributed by atoms with Gasteiger partial charge in [-0.1, -0.05) is 0 Å². The second kappa shape index (κ2) is 7.57. The Labute approximate surface area is 141 Å². The van der Waals surface area contributed by atoms with Crippen LogP contribution in [0.3, 0.4) is 0 Å². The molecule has 1 aromatic heterocycles. The van der Waals surface area contributed by atoms with Crippen LogP contribution in [0.2, 0.25) is 0 Å². The molecule has 0 saturated carbocycles. The first kappa shape index (κ1) is 16.6. The molecule has 3 heterocycles. The number of aliphatic hydroxyl groups is 1. The summed E-state index contributed by atoms with van der Waals surface area (Å²) in [5.41, 5.74) is 0. The first-order valence-corrected chi connectivity index (χ1v) is 8.42. The smallest absolute Gasteiger partial charge is 0.251 e. The fourth-order valence-corrected chi connectivity index (χ4v) is 3.12. The van der Waals surface area contributed by atoms with Crippen molar-refractivity contribution in [1.29, 1.82) is 0 Å². The van der Waals surface area contributed by atoms with Gasteiger partial charge in [-0.2, -0.15) is 0 Å². The van der Waals surface area contributed by atoms with Crippen molar-refractivity contribution in [2.24, 2.45) is 0 Å². The first-order valence-electron chi connectivity index (χ1n) is 8.42. The van der Waals surface area contributed by atoms with Gasteiger partial charge in [0.05, 0.1) is 6.54 Å². The SMILES string of the molecule is O=C(CN1CCCCC(O)C1=O)N1CCN(c2ncccn2)CC1. The third-order valence-corrected chi connectivity index (χ3v) is 4.55. The average Bonchev–Trinajstić information content (AvgIpc) is 2.78. The van der Waals surface area contributed by atoms with E-state index in [0.29, 0.717) is 45.1 Å². The number of likely N-dealkylation sites (tertiary alicyclic amines) is 1. The molecule has 2 amide bonds. The number of hydrogen-bond acceptors (Lipinski definition) is 6. The van der Waals surface area contributed by atoms with Gasteiger partial charge in [-0.15, -0.1) is 0 Å². The molecule has 0 aliphatic carbocycles. The fourth-order valence-electron chi connectivity index (χ4n) is 3.12. The minimum absolute atomic E-state index is 0.0533. The molecule has 2 saturated heterocycles. The number of piperazine rings is 1. The molecule has 1 N–H and O–H groups in total. The topological polar surface area (TPSA) is 89.9 Å². The molecule has 0 spiro atoms. The molecular formula is C16H23N5O3. The number of amides is 2. The lowest BCUT2D eigenvalue weighted by Gasteiger charge is -2.35. The lowest BCUT2D eigenvalue weighted by molar-refractivity contribution is -0.145. The summed E-state index contributed by atoms with van der Waals surface area (Å²) < 4.78 is 0. The number of carbonyl (C=O) groups is 2. The maximum Gasteiger partial charge on any atom is 0.251 e. The van der Waals surface area contributed by atoms with Crippen LogP contribution in [0.4, 0.5) is 5.95 Å². The van der Waals surface area contributed by atoms with Crippen LogP contribution in [0.25, 0.3) is 0 Å². The molecule has 24 heavy (non-hydrogen) atoms. The molecule has 0 radical (unpaired) electrons. The zero-order chi connectivity index (χ0) is 16.9. The van der Waals surface area contributed by atoms with E-state index < -0.39 is 6.10 Å². The Bertz CT molecular complexity index is 574. The number of rotatable bonds is 3. The van der Waals surface area contributed by atoms with Gasteiger partial charge in [0.25, 0.3) is 5.91 Å². The van der Waals surface area contributed by atoms with Crippen LogP contribution < -0.4 is 4.90 Å². The molecule has 1 unspecified atom stereocenters. The Morgan fingerprint density at radius 3 is 2.54 bits per heavy atom. The highest BCUT2D eigenvalue weighted by Gasteiger charge is 2.29. The summed E-state index contributed by atoms with van der Waals surface area (Å²) in [5.74, 6) is 0.290. The van der Waals surface area contributed by atoms with Crippen LogP contribution in [0.15, 0.2) is 18.5 Å². The summed E-state index contributed by atoms with van der Waals surface area (Å²) in [4.78, 5) is 38.3. The van der Waals surface area contributed by atoms with E-state index in [1.165, 1.54) is 4.90 Å². The standard InChI is InChI=1S/C16H23N5O3/c22-13-4-1-2-7-21(15(13)24)12-14(23)19-8-10-20(11-9-19)16-17-5-3-6-18-16/h3,5-6,13,22H,1-2,4,7-12H2. The van der Waals surface area contributed by atoms with Gasteiger partial charge >= 0.3 is 0 Å². The van der Waals surface area contributed by atoms with Gasteiger partial charge in [-0.3, -0.25) is 9.59 Å². The van der Waals surface area contributed by atoms with E-state index in [-0.39, 0.29) is 18.4 Å². The van der Waals surface area contributed by atoms with Crippen LogP contribution in [0.1, 0.15) is 19.3 Å². The van der Waals surface area contributed by atoms with E-state index in [4.69, 9.17) is 0 Å². The normalized spacial score (nSPS) is 22.5. The van der Waals surface area contributed by atoms with Crippen molar-refractivity contribution < 1.29 is 14.7 Å². The number of hydrogen-bond donors (Lipinski definition) is 1. The molecule has 2 aliphatic rings. The summed E-state index contributed by atoms with van der Waals surface area (Å²) >= 11 is 0. The van der Waals surface area contributed by atoms with Gasteiger partial charge in [0, 0.05) is 45.1 Å². The summed E-state index contributed by atoms with van der Waals surface area (Å²) in [6, 6.07) is 1.77. The summed E-state index contributed by atoms with van der Waals surface area (Å²) in [5, 5.41) is 9.78. The molecular weight excluding hydrogens is 310 g/mol. The van der Waals surface area contributed by atoms with Crippen LogP contribution in [-0.2, 0) is 9.59 Å². The van der Waals surface area contributed by atoms with Crippen molar-refractivity contribution in [3.8, 4) is 0 Å². The van der Waals surface area contributed by atoms with Crippen LogP contribution in [0.5, 0.6) is 0 Å². The first-order chi connectivity index (χ1) is 11.6. The minimum atomic E-state index is -0.965. The van der Waals surface area contributed by atoms with Crippen molar-refractivity contribution in [3.05, 3.63) is 18.5 Å². The maximum atomic E-state index is 12.5. The summed E-state index contributed by atoms with van der Waals surface area (Å²) in [7, 11) is 0. The molecule has 0 aromatic carbocycles. The fraction of sp³-hybridized carbons (Fsp3) is 0.625. The molecule has 2 aliphatic heterocycles. The van der Waals surface area contributed by atoms with Crippen LogP contribution in [-0.4, -0.2) is 82.1 Å². The third kappa shape index (κ3) is 3.81. The molecule has 8 heteroatoms. The van der Waals surface area contributed by atoms with Gasteiger partial charge in [0.15, 0.2) is 0 Å². The highest BCUT2D eigenvalue weighted by atomic mass is 16.3. The van der Waals surface area contributed by atoms with E-state index in [0.717, 1.165) is 12.8 Å². The van der Waals surface area contributed by atoms with Crippen molar-refractivity contribution in [3.63, 3.8) is 0 Å². The Balaban J connectivity index is 1.52. The Hall–Kier alpha value is -2.22. The third-order valence-electron chi connectivity index (χ3n) is 4.55. The van der Waals surface area contributed by atoms with E-state index in [1.807, 2.05) is 4.90 Å². The Morgan fingerprint density at radius 2 is 1.83 bits per heavy atom. The quantitative estimate of drug-likeness (QED) is 0.802. The number of anilines is 1. The lowest BCUT2D eigenvalue weighted by atomic mass is 10.2. The largest absolute Gasteiger partial charge is 0.383 e. The molecule has 3 rings (SSSR count). The molecule has 2 fully saturated rings. The number of carbonyl (C=O) groups excluding carboxylic acids is 2. The van der Waals surface area contributed by atoms with Crippen molar-refractivity contribution in [2.45, 2.75) is 25.4 Å². The van der Waals surface area contributed by atoms with Crippen molar-refractivity contribution in [2.75, 3.05) is 44.2 Å². The van der Waals surface area contributed by atoms with E-state index in [2.05, 4.69) is 9.97 Å². The zero-order valence-electron chi connectivity index (χ0n) is 13.7. The van der Waals surface area contributed by atoms with Crippen LogP contribution >= 0.6 is 0 Å². The lowest BCUT2D eigenvalue weighted by Crippen LogP contribution is -2.52. The van der Waals surface area contributed by atoms with E-state index in [1.54, 1.807) is 23.4 Å².